The molecule has 0 saturated heterocycles. The summed E-state index contributed by atoms with van der Waals surface area (Å²) in [5, 5.41) is 38.9. The highest BCUT2D eigenvalue weighted by Gasteiger charge is 2.15. The molecule has 0 aliphatic heterocycles. The van der Waals surface area contributed by atoms with Crippen LogP contribution in [0, 0.1) is 0 Å². The van der Waals surface area contributed by atoms with E-state index < -0.39 is 6.10 Å². The summed E-state index contributed by atoms with van der Waals surface area (Å²) in [4.78, 5) is 4.38. The van der Waals surface area contributed by atoms with Gasteiger partial charge in [-0.05, 0) is 71.5 Å². The summed E-state index contributed by atoms with van der Waals surface area (Å²) < 4.78 is 0. The molecule has 0 spiro atoms. The first-order chi connectivity index (χ1) is 13.5. The molecule has 0 bridgehead atoms. The maximum absolute atomic E-state index is 10.5. The number of aromatic nitrogens is 1. The van der Waals surface area contributed by atoms with E-state index in [1.54, 1.807) is 18.3 Å². The number of aliphatic hydroxyl groups is 3. The first kappa shape index (κ1) is 21.9. The summed E-state index contributed by atoms with van der Waals surface area (Å²) in [6.07, 6.45) is 4.91. The van der Waals surface area contributed by atoms with Crippen molar-refractivity contribution in [1.82, 2.24) is 4.98 Å². The summed E-state index contributed by atoms with van der Waals surface area (Å²) in [5.41, 5.74) is 3.11. The van der Waals surface area contributed by atoms with E-state index >= 15 is 0 Å². The van der Waals surface area contributed by atoms with Crippen molar-refractivity contribution in [2.75, 3.05) is 13.2 Å². The molecule has 1 heterocycles. The minimum Gasteiger partial charge on any atom is -0.508 e. The Morgan fingerprint density at radius 1 is 1.21 bits per heavy atom. The SMILES string of the molecule is C=C(CO)/C(=C/CO)C(O)CC/C(=C/c1ccc(O)cc1Cl)c1ccccn1. The lowest BCUT2D eigenvalue weighted by molar-refractivity contribution is 0.199. The van der Waals surface area contributed by atoms with Gasteiger partial charge in [-0.2, -0.15) is 0 Å². The van der Waals surface area contributed by atoms with E-state index in [1.165, 1.54) is 12.1 Å². The van der Waals surface area contributed by atoms with Crippen molar-refractivity contribution in [2.24, 2.45) is 0 Å². The molecule has 0 radical (unpaired) electrons. The van der Waals surface area contributed by atoms with Gasteiger partial charge in [0.15, 0.2) is 0 Å². The molecule has 5 nitrogen and oxygen atoms in total. The third kappa shape index (κ3) is 6.04. The van der Waals surface area contributed by atoms with Gasteiger partial charge in [0.05, 0.1) is 30.0 Å². The number of pyridine rings is 1. The molecular formula is C22H24ClNO4. The summed E-state index contributed by atoms with van der Waals surface area (Å²) in [7, 11) is 0. The number of nitrogens with zero attached hydrogens (tertiary/aromatic N) is 1. The van der Waals surface area contributed by atoms with Gasteiger partial charge in [0.2, 0.25) is 0 Å². The van der Waals surface area contributed by atoms with Crippen LogP contribution in [0.4, 0.5) is 0 Å². The normalized spacial score (nSPS) is 13.4. The molecule has 0 saturated carbocycles. The zero-order valence-electron chi connectivity index (χ0n) is 15.4. The number of aromatic hydroxyl groups is 1. The van der Waals surface area contributed by atoms with E-state index in [0.29, 0.717) is 29.0 Å². The van der Waals surface area contributed by atoms with E-state index in [9.17, 15) is 15.3 Å². The molecule has 1 unspecified atom stereocenters. The largest absolute Gasteiger partial charge is 0.508 e. The number of benzene rings is 1. The fourth-order valence-corrected chi connectivity index (χ4v) is 3.03. The molecule has 1 aromatic carbocycles. The van der Waals surface area contributed by atoms with Crippen LogP contribution in [0.15, 0.2) is 66.4 Å². The van der Waals surface area contributed by atoms with E-state index in [2.05, 4.69) is 11.6 Å². The highest BCUT2D eigenvalue weighted by molar-refractivity contribution is 6.32. The van der Waals surface area contributed by atoms with Gasteiger partial charge in [-0.15, -0.1) is 0 Å². The molecular weight excluding hydrogens is 378 g/mol. The molecule has 1 aromatic heterocycles. The molecule has 148 valence electrons. The summed E-state index contributed by atoms with van der Waals surface area (Å²) in [5.74, 6) is 0.0817. The lowest BCUT2D eigenvalue weighted by atomic mass is 9.94. The van der Waals surface area contributed by atoms with Crippen molar-refractivity contribution in [2.45, 2.75) is 18.9 Å². The van der Waals surface area contributed by atoms with Crippen LogP contribution in [0.25, 0.3) is 11.6 Å². The van der Waals surface area contributed by atoms with Crippen molar-refractivity contribution in [3.05, 3.63) is 82.7 Å². The molecule has 0 amide bonds. The Morgan fingerprint density at radius 2 is 2.00 bits per heavy atom. The Morgan fingerprint density at radius 3 is 2.61 bits per heavy atom. The molecule has 4 N–H and O–H groups in total. The molecule has 0 fully saturated rings. The zero-order chi connectivity index (χ0) is 20.5. The van der Waals surface area contributed by atoms with Crippen molar-refractivity contribution in [1.29, 1.82) is 0 Å². The Kier molecular flexibility index (Phi) is 8.42. The fourth-order valence-electron chi connectivity index (χ4n) is 2.80. The van der Waals surface area contributed by atoms with Gasteiger partial charge in [0.25, 0.3) is 0 Å². The predicted octanol–water partition coefficient (Wildman–Crippen LogP) is 3.59. The van der Waals surface area contributed by atoms with Crippen LogP contribution in [0.2, 0.25) is 5.02 Å². The number of aliphatic hydroxyl groups excluding tert-OH is 3. The Bertz CT molecular complexity index is 862. The quantitative estimate of drug-likeness (QED) is 0.482. The smallest absolute Gasteiger partial charge is 0.117 e. The second-order valence-electron chi connectivity index (χ2n) is 6.25. The first-order valence-corrected chi connectivity index (χ1v) is 9.22. The number of allylic oxidation sites excluding steroid dienone is 1. The zero-order valence-corrected chi connectivity index (χ0v) is 16.2. The molecule has 2 rings (SSSR count). The topological polar surface area (TPSA) is 93.8 Å². The molecule has 0 aliphatic carbocycles. The second kappa shape index (κ2) is 10.8. The van der Waals surface area contributed by atoms with E-state index in [-0.39, 0.29) is 19.0 Å². The molecule has 6 heteroatoms. The fraction of sp³-hybridized carbons (Fsp3) is 0.227. The Hall–Kier alpha value is -2.44. The Balaban J connectivity index is 2.30. The van der Waals surface area contributed by atoms with Crippen LogP contribution in [0.5, 0.6) is 5.75 Å². The van der Waals surface area contributed by atoms with E-state index in [1.807, 2.05) is 24.3 Å². The van der Waals surface area contributed by atoms with Crippen LogP contribution < -0.4 is 0 Å². The van der Waals surface area contributed by atoms with Gasteiger partial charge in [0, 0.05) is 6.20 Å². The standard InChI is InChI=1S/C22H24ClNO4/c1-15(14-26)19(9-11-25)22(28)8-6-17(21-4-2-3-10-24-21)12-16-5-7-18(27)13-20(16)23/h2-5,7,9-10,12-13,22,25-28H,1,6,8,11,14H2/b17-12-,19-9-. The van der Waals surface area contributed by atoms with Crippen LogP contribution in [-0.2, 0) is 0 Å². The molecule has 2 aromatic rings. The highest BCUT2D eigenvalue weighted by atomic mass is 35.5. The maximum Gasteiger partial charge on any atom is 0.117 e. The molecule has 28 heavy (non-hydrogen) atoms. The van der Waals surface area contributed by atoms with Crippen molar-refractivity contribution < 1.29 is 20.4 Å². The van der Waals surface area contributed by atoms with E-state index in [0.717, 1.165) is 16.8 Å². The highest BCUT2D eigenvalue weighted by Crippen LogP contribution is 2.29. The molecule has 0 aliphatic rings. The minimum absolute atomic E-state index is 0.0817. The van der Waals surface area contributed by atoms with Gasteiger partial charge in [-0.1, -0.05) is 30.3 Å². The monoisotopic (exact) mass is 401 g/mol. The van der Waals surface area contributed by atoms with Crippen LogP contribution in [0.3, 0.4) is 0 Å². The third-order valence-electron chi connectivity index (χ3n) is 4.26. The van der Waals surface area contributed by atoms with Gasteiger partial charge in [0.1, 0.15) is 5.75 Å². The summed E-state index contributed by atoms with van der Waals surface area (Å²) >= 11 is 6.23. The summed E-state index contributed by atoms with van der Waals surface area (Å²) in [6, 6.07) is 10.3. The van der Waals surface area contributed by atoms with Crippen LogP contribution in [0.1, 0.15) is 24.1 Å². The number of phenolic OH excluding ortho intramolecular Hbond substituents is 1. The first-order valence-electron chi connectivity index (χ1n) is 8.84. The van der Waals surface area contributed by atoms with Crippen molar-refractivity contribution >= 4 is 23.3 Å². The Labute approximate surface area is 169 Å². The second-order valence-corrected chi connectivity index (χ2v) is 6.66. The van der Waals surface area contributed by atoms with Crippen LogP contribution >= 0.6 is 11.6 Å². The number of rotatable bonds is 9. The van der Waals surface area contributed by atoms with E-state index in [4.69, 9.17) is 16.7 Å². The average molecular weight is 402 g/mol. The average Bonchev–Trinajstić information content (AvgIpc) is 2.70. The van der Waals surface area contributed by atoms with Gasteiger partial charge in [-0.3, -0.25) is 4.98 Å². The van der Waals surface area contributed by atoms with Crippen molar-refractivity contribution in [3.63, 3.8) is 0 Å². The van der Waals surface area contributed by atoms with Gasteiger partial charge in [-0.25, -0.2) is 0 Å². The number of hydrogen-bond donors (Lipinski definition) is 4. The lowest BCUT2D eigenvalue weighted by Gasteiger charge is -2.17. The number of hydrogen-bond acceptors (Lipinski definition) is 5. The molecule has 1 atom stereocenters. The van der Waals surface area contributed by atoms with Gasteiger partial charge < -0.3 is 20.4 Å². The number of phenols is 1. The summed E-state index contributed by atoms with van der Waals surface area (Å²) in [6.45, 7) is 3.18. The number of halogens is 1. The third-order valence-corrected chi connectivity index (χ3v) is 4.59. The minimum atomic E-state index is -0.894. The predicted molar refractivity (Wildman–Crippen MR) is 112 cm³/mol. The maximum atomic E-state index is 10.5. The lowest BCUT2D eigenvalue weighted by Crippen LogP contribution is -2.14. The van der Waals surface area contributed by atoms with Crippen molar-refractivity contribution in [3.8, 4) is 5.75 Å². The van der Waals surface area contributed by atoms with Crippen LogP contribution in [-0.4, -0.2) is 44.7 Å². The van der Waals surface area contributed by atoms with Gasteiger partial charge >= 0.3 is 0 Å².